The van der Waals surface area contributed by atoms with Crippen LogP contribution >= 0.6 is 11.3 Å². The normalized spacial score (nSPS) is 12.6. The summed E-state index contributed by atoms with van der Waals surface area (Å²) in [5, 5.41) is 2.62. The summed E-state index contributed by atoms with van der Waals surface area (Å²) in [6, 6.07) is 91.5. The van der Waals surface area contributed by atoms with Crippen molar-refractivity contribution in [3.63, 3.8) is 0 Å². The largest absolute Gasteiger partial charge is 0.310 e. The quantitative estimate of drug-likeness (QED) is 0.148. The van der Waals surface area contributed by atoms with Crippen LogP contribution in [0.3, 0.4) is 0 Å². The standard InChI is InChI=1S/C61H41NS/c1-6-18-42(19-7-1)44-30-34-49(35-31-44)62(50-36-32-45(33-37-50)43-20-8-2-9-21-43)51-38-39-54-53(40-51)59-55(61(54,47-24-12-4-13-25-47)48-26-14-5-15-27-48)41-57-60(52-28-16-17-29-56(52)63-57)58(59)46-22-10-3-11-23-46/h1-41H. The minimum absolute atomic E-state index is 0.570. The van der Waals surface area contributed by atoms with Crippen molar-refractivity contribution in [3.05, 3.63) is 271 Å². The Morgan fingerprint density at radius 3 is 1.30 bits per heavy atom. The Hall–Kier alpha value is -7.78. The molecule has 0 saturated heterocycles. The van der Waals surface area contributed by atoms with E-state index in [0.717, 1.165) is 17.1 Å². The SMILES string of the molecule is c1ccc(-c2ccc(N(c3ccc(-c4ccccc4)cc3)c3ccc4c(c3)-c3c(cc5sc6ccccc6c5c3-c3ccccc3)C4(c3ccccc3)c3ccccc3)cc2)cc1. The molecule has 63 heavy (non-hydrogen) atoms. The van der Waals surface area contributed by atoms with Gasteiger partial charge in [-0.15, -0.1) is 11.3 Å². The lowest BCUT2D eigenvalue weighted by molar-refractivity contribution is 0.770. The van der Waals surface area contributed by atoms with Crippen LogP contribution in [-0.4, -0.2) is 0 Å². The van der Waals surface area contributed by atoms with E-state index in [4.69, 9.17) is 0 Å². The second-order valence-electron chi connectivity index (χ2n) is 16.4. The zero-order chi connectivity index (χ0) is 41.7. The number of rotatable bonds is 8. The maximum atomic E-state index is 2.53. The van der Waals surface area contributed by atoms with Crippen LogP contribution in [0.1, 0.15) is 22.3 Å². The van der Waals surface area contributed by atoms with Crippen LogP contribution < -0.4 is 4.90 Å². The van der Waals surface area contributed by atoms with Crippen molar-refractivity contribution in [2.24, 2.45) is 0 Å². The second-order valence-corrected chi connectivity index (χ2v) is 17.5. The van der Waals surface area contributed by atoms with E-state index in [1.165, 1.54) is 86.9 Å². The fourth-order valence-electron chi connectivity index (χ4n) is 10.2. The molecule has 0 N–H and O–H groups in total. The van der Waals surface area contributed by atoms with Gasteiger partial charge in [0.15, 0.2) is 0 Å². The van der Waals surface area contributed by atoms with Gasteiger partial charge in [-0.3, -0.25) is 0 Å². The summed E-state index contributed by atoms with van der Waals surface area (Å²) < 4.78 is 2.60. The van der Waals surface area contributed by atoms with Gasteiger partial charge in [0, 0.05) is 37.2 Å². The monoisotopic (exact) mass is 819 g/mol. The molecule has 10 aromatic carbocycles. The van der Waals surface area contributed by atoms with Gasteiger partial charge in [-0.2, -0.15) is 0 Å². The summed E-state index contributed by atoms with van der Waals surface area (Å²) in [6.45, 7) is 0. The Morgan fingerprint density at radius 1 is 0.317 bits per heavy atom. The number of benzene rings is 10. The Balaban J connectivity index is 1.16. The molecular formula is C61H41NS. The average Bonchev–Trinajstić information content (AvgIpc) is 3.88. The summed E-state index contributed by atoms with van der Waals surface area (Å²) >= 11 is 1.90. The zero-order valence-electron chi connectivity index (χ0n) is 34.5. The van der Waals surface area contributed by atoms with Gasteiger partial charge in [-0.1, -0.05) is 200 Å². The first kappa shape index (κ1) is 37.0. The van der Waals surface area contributed by atoms with E-state index >= 15 is 0 Å². The van der Waals surface area contributed by atoms with E-state index in [-0.39, 0.29) is 0 Å². The molecule has 0 radical (unpaired) electrons. The van der Waals surface area contributed by atoms with Gasteiger partial charge in [-0.25, -0.2) is 0 Å². The summed E-state index contributed by atoms with van der Waals surface area (Å²) in [4.78, 5) is 2.43. The first-order valence-electron chi connectivity index (χ1n) is 21.7. The highest BCUT2D eigenvalue weighted by Gasteiger charge is 2.48. The van der Waals surface area contributed by atoms with E-state index in [0.29, 0.717) is 0 Å². The Kier molecular flexibility index (Phi) is 8.98. The molecule has 1 aromatic heterocycles. The van der Waals surface area contributed by atoms with E-state index in [1.54, 1.807) is 0 Å². The van der Waals surface area contributed by atoms with Crippen LogP contribution in [0.4, 0.5) is 17.1 Å². The lowest BCUT2D eigenvalue weighted by Gasteiger charge is -2.34. The Morgan fingerprint density at radius 2 is 0.762 bits per heavy atom. The highest BCUT2D eigenvalue weighted by atomic mass is 32.1. The van der Waals surface area contributed by atoms with Crippen molar-refractivity contribution in [1.82, 2.24) is 0 Å². The third-order valence-corrected chi connectivity index (χ3v) is 14.1. The summed E-state index contributed by atoms with van der Waals surface area (Å²) in [7, 11) is 0. The van der Waals surface area contributed by atoms with E-state index < -0.39 is 5.41 Å². The third kappa shape index (κ3) is 6.06. The molecule has 0 spiro atoms. The number of nitrogens with zero attached hydrogens (tertiary/aromatic N) is 1. The van der Waals surface area contributed by atoms with Gasteiger partial charge in [0.05, 0.1) is 5.41 Å². The lowest BCUT2D eigenvalue weighted by atomic mass is 9.67. The predicted octanol–water partition coefficient (Wildman–Crippen LogP) is 16.9. The Labute approximate surface area is 372 Å². The number of thiophene rings is 1. The third-order valence-electron chi connectivity index (χ3n) is 12.9. The molecule has 0 atom stereocenters. The molecule has 11 aromatic rings. The summed E-state index contributed by atoms with van der Waals surface area (Å²) in [5.74, 6) is 0. The number of anilines is 3. The topological polar surface area (TPSA) is 3.24 Å². The fourth-order valence-corrected chi connectivity index (χ4v) is 11.3. The van der Waals surface area contributed by atoms with E-state index in [2.05, 4.69) is 254 Å². The molecule has 0 amide bonds. The van der Waals surface area contributed by atoms with Gasteiger partial charge in [0.1, 0.15) is 0 Å². The van der Waals surface area contributed by atoms with Crippen molar-refractivity contribution in [2.45, 2.75) is 5.41 Å². The van der Waals surface area contributed by atoms with Gasteiger partial charge >= 0.3 is 0 Å². The Bertz CT molecular complexity index is 3270. The van der Waals surface area contributed by atoms with Crippen molar-refractivity contribution in [2.75, 3.05) is 4.90 Å². The fraction of sp³-hybridized carbons (Fsp3) is 0.0164. The predicted molar refractivity (Wildman–Crippen MR) is 268 cm³/mol. The van der Waals surface area contributed by atoms with Crippen LogP contribution in [0.5, 0.6) is 0 Å². The molecule has 0 unspecified atom stereocenters. The second kappa shape index (κ2) is 15.3. The van der Waals surface area contributed by atoms with E-state index in [9.17, 15) is 0 Å². The van der Waals surface area contributed by atoms with Crippen molar-refractivity contribution >= 4 is 48.6 Å². The van der Waals surface area contributed by atoms with Crippen LogP contribution in [0.2, 0.25) is 0 Å². The first-order valence-corrected chi connectivity index (χ1v) is 22.5. The highest BCUT2D eigenvalue weighted by molar-refractivity contribution is 7.26. The van der Waals surface area contributed by atoms with Gasteiger partial charge in [0.25, 0.3) is 0 Å². The maximum Gasteiger partial charge on any atom is 0.0714 e. The zero-order valence-corrected chi connectivity index (χ0v) is 35.3. The van der Waals surface area contributed by atoms with Crippen LogP contribution in [0, 0.1) is 0 Å². The van der Waals surface area contributed by atoms with Crippen molar-refractivity contribution in [3.8, 4) is 44.5 Å². The van der Waals surface area contributed by atoms with Gasteiger partial charge < -0.3 is 4.90 Å². The summed E-state index contributed by atoms with van der Waals surface area (Å²) in [5.41, 5.74) is 17.7. The average molecular weight is 820 g/mol. The molecule has 1 aliphatic rings. The van der Waals surface area contributed by atoms with E-state index in [1.807, 2.05) is 11.3 Å². The minimum Gasteiger partial charge on any atom is -0.310 e. The van der Waals surface area contributed by atoms with Crippen LogP contribution in [0.15, 0.2) is 249 Å². The van der Waals surface area contributed by atoms with Crippen molar-refractivity contribution in [1.29, 1.82) is 0 Å². The van der Waals surface area contributed by atoms with Crippen LogP contribution in [-0.2, 0) is 5.41 Å². The van der Waals surface area contributed by atoms with Gasteiger partial charge in [-0.05, 0) is 115 Å². The molecule has 1 heterocycles. The molecule has 0 bridgehead atoms. The highest BCUT2D eigenvalue weighted by Crippen LogP contribution is 2.61. The van der Waals surface area contributed by atoms with Gasteiger partial charge in [0.2, 0.25) is 0 Å². The number of hydrogen-bond donors (Lipinski definition) is 0. The van der Waals surface area contributed by atoms with Crippen LogP contribution in [0.25, 0.3) is 64.7 Å². The summed E-state index contributed by atoms with van der Waals surface area (Å²) in [6.07, 6.45) is 0. The number of fused-ring (bicyclic) bond motifs is 6. The molecule has 1 nitrogen and oxygen atoms in total. The molecule has 0 fully saturated rings. The molecule has 1 aliphatic carbocycles. The van der Waals surface area contributed by atoms with Crippen molar-refractivity contribution < 1.29 is 0 Å². The molecular weight excluding hydrogens is 779 g/mol. The molecule has 0 saturated carbocycles. The molecule has 0 aliphatic heterocycles. The maximum absolute atomic E-state index is 2.53. The lowest BCUT2D eigenvalue weighted by Crippen LogP contribution is -2.28. The smallest absolute Gasteiger partial charge is 0.0714 e. The number of hydrogen-bond acceptors (Lipinski definition) is 2. The molecule has 296 valence electrons. The molecule has 2 heteroatoms. The minimum atomic E-state index is -0.570. The molecule has 12 rings (SSSR count). The first-order chi connectivity index (χ1) is 31.3.